The van der Waals surface area contributed by atoms with Gasteiger partial charge < -0.3 is 0 Å². The van der Waals surface area contributed by atoms with Crippen molar-refractivity contribution < 1.29 is 0 Å². The lowest BCUT2D eigenvalue weighted by Crippen LogP contribution is -2.03. The van der Waals surface area contributed by atoms with Crippen molar-refractivity contribution in [3.8, 4) is 0 Å². The molecule has 1 rings (SSSR count). The van der Waals surface area contributed by atoms with Crippen LogP contribution in [0, 0.1) is 11.3 Å². The van der Waals surface area contributed by atoms with Crippen LogP contribution >= 0.6 is 15.9 Å². The molecule has 0 aromatic heterocycles. The van der Waals surface area contributed by atoms with Gasteiger partial charge in [0.15, 0.2) is 0 Å². The van der Waals surface area contributed by atoms with Gasteiger partial charge in [0, 0.05) is 5.33 Å². The first-order valence-electron chi connectivity index (χ1n) is 4.59. The van der Waals surface area contributed by atoms with Crippen LogP contribution < -0.4 is 0 Å². The smallest absolute Gasteiger partial charge is 0.00907 e. The van der Waals surface area contributed by atoms with Crippen molar-refractivity contribution in [3.05, 3.63) is 24.8 Å². The minimum Gasteiger partial charge on any atom is -0.0991 e. The average Bonchev–Trinajstić information content (AvgIpc) is 2.72. The normalized spacial score (nSPS) is 34.0. The maximum atomic E-state index is 3.65. The summed E-state index contributed by atoms with van der Waals surface area (Å²) in [5.41, 5.74) is 0.630. The Morgan fingerprint density at radius 1 is 1.67 bits per heavy atom. The molecule has 0 heterocycles. The molecule has 0 aliphatic heterocycles. The summed E-state index contributed by atoms with van der Waals surface area (Å²) in [5, 5.41) is 1.17. The molecule has 1 saturated carbocycles. The second kappa shape index (κ2) is 4.27. The van der Waals surface area contributed by atoms with Crippen molar-refractivity contribution >= 4 is 15.9 Å². The quantitative estimate of drug-likeness (QED) is 0.495. The van der Waals surface area contributed by atoms with Crippen LogP contribution in [-0.2, 0) is 0 Å². The molecular weight excluding hydrogens is 212 g/mol. The van der Waals surface area contributed by atoms with E-state index in [2.05, 4.69) is 35.5 Å². The van der Waals surface area contributed by atoms with Crippen LogP contribution in [-0.4, -0.2) is 5.33 Å². The van der Waals surface area contributed by atoms with Crippen molar-refractivity contribution in [2.75, 3.05) is 5.33 Å². The highest BCUT2D eigenvalue weighted by atomic mass is 79.9. The number of rotatable bonds is 5. The first-order chi connectivity index (χ1) is 5.75. The molecule has 2 atom stereocenters. The molecule has 0 N–H and O–H groups in total. The zero-order valence-electron chi connectivity index (χ0n) is 7.72. The summed E-state index contributed by atoms with van der Waals surface area (Å²) in [7, 11) is 0. The SMILES string of the molecule is C=C/C=C/CCC1(CBr)CC1C. The molecule has 68 valence electrons. The van der Waals surface area contributed by atoms with E-state index in [0.717, 1.165) is 5.92 Å². The summed E-state index contributed by atoms with van der Waals surface area (Å²) in [6, 6.07) is 0. The van der Waals surface area contributed by atoms with Gasteiger partial charge in [0.25, 0.3) is 0 Å². The van der Waals surface area contributed by atoms with E-state index in [4.69, 9.17) is 0 Å². The summed E-state index contributed by atoms with van der Waals surface area (Å²) < 4.78 is 0. The Balaban J connectivity index is 2.22. The molecule has 0 nitrogen and oxygen atoms in total. The van der Waals surface area contributed by atoms with Crippen LogP contribution in [0.15, 0.2) is 24.8 Å². The first kappa shape index (κ1) is 10.0. The molecule has 0 radical (unpaired) electrons. The van der Waals surface area contributed by atoms with Crippen LogP contribution in [0.5, 0.6) is 0 Å². The summed E-state index contributed by atoms with van der Waals surface area (Å²) in [6.45, 7) is 6.00. The third kappa shape index (κ3) is 2.22. The third-order valence-electron chi connectivity index (χ3n) is 2.95. The maximum Gasteiger partial charge on any atom is 0.00907 e. The molecule has 0 amide bonds. The maximum absolute atomic E-state index is 3.65. The highest BCUT2D eigenvalue weighted by Gasteiger charge is 2.48. The lowest BCUT2D eigenvalue weighted by atomic mass is 10.00. The topological polar surface area (TPSA) is 0 Å². The van der Waals surface area contributed by atoms with Crippen LogP contribution in [0.25, 0.3) is 0 Å². The fraction of sp³-hybridized carbons (Fsp3) is 0.636. The predicted octanol–water partition coefficient (Wildman–Crippen LogP) is 3.93. The second-order valence-electron chi connectivity index (χ2n) is 3.80. The Morgan fingerprint density at radius 2 is 2.33 bits per heavy atom. The lowest BCUT2D eigenvalue weighted by molar-refractivity contribution is 0.493. The summed E-state index contributed by atoms with van der Waals surface area (Å²) >= 11 is 3.60. The Hall–Kier alpha value is -0.0400. The molecule has 12 heavy (non-hydrogen) atoms. The molecule has 0 saturated heterocycles. The van der Waals surface area contributed by atoms with E-state index < -0.39 is 0 Å². The van der Waals surface area contributed by atoms with Gasteiger partial charge in [0.2, 0.25) is 0 Å². The van der Waals surface area contributed by atoms with E-state index in [-0.39, 0.29) is 0 Å². The number of allylic oxidation sites excluding steroid dienone is 3. The van der Waals surface area contributed by atoms with Gasteiger partial charge in [-0.05, 0) is 30.6 Å². The number of halogens is 1. The van der Waals surface area contributed by atoms with Gasteiger partial charge in [-0.3, -0.25) is 0 Å². The molecule has 1 aliphatic rings. The van der Waals surface area contributed by atoms with Crippen LogP contribution in [0.4, 0.5) is 0 Å². The minimum absolute atomic E-state index is 0.630. The Labute approximate surface area is 83.9 Å². The molecule has 0 bridgehead atoms. The first-order valence-corrected chi connectivity index (χ1v) is 5.71. The van der Waals surface area contributed by atoms with E-state index in [1.807, 2.05) is 12.2 Å². The molecule has 0 aromatic rings. The molecule has 1 heteroatoms. The van der Waals surface area contributed by atoms with Gasteiger partial charge in [0.1, 0.15) is 0 Å². The fourth-order valence-electron chi connectivity index (χ4n) is 1.72. The van der Waals surface area contributed by atoms with Crippen LogP contribution in [0.3, 0.4) is 0 Å². The fourth-order valence-corrected chi connectivity index (χ4v) is 2.78. The third-order valence-corrected chi connectivity index (χ3v) is 4.06. The second-order valence-corrected chi connectivity index (χ2v) is 4.36. The number of alkyl halides is 1. The molecule has 0 spiro atoms. The van der Waals surface area contributed by atoms with E-state index in [0.29, 0.717) is 5.41 Å². The zero-order valence-corrected chi connectivity index (χ0v) is 9.31. The van der Waals surface area contributed by atoms with Gasteiger partial charge in [-0.25, -0.2) is 0 Å². The summed E-state index contributed by atoms with van der Waals surface area (Å²) in [6.07, 6.45) is 10.0. The van der Waals surface area contributed by atoms with Crippen molar-refractivity contribution in [2.24, 2.45) is 11.3 Å². The van der Waals surface area contributed by atoms with E-state index in [1.165, 1.54) is 24.6 Å². The average molecular weight is 229 g/mol. The Bertz CT molecular complexity index is 179. The van der Waals surface area contributed by atoms with Gasteiger partial charge in [-0.15, -0.1) is 0 Å². The number of hydrogen-bond acceptors (Lipinski definition) is 0. The van der Waals surface area contributed by atoms with E-state index in [9.17, 15) is 0 Å². The zero-order chi connectivity index (χ0) is 9.03. The van der Waals surface area contributed by atoms with Gasteiger partial charge in [-0.2, -0.15) is 0 Å². The van der Waals surface area contributed by atoms with Crippen molar-refractivity contribution in [1.82, 2.24) is 0 Å². The van der Waals surface area contributed by atoms with Gasteiger partial charge >= 0.3 is 0 Å². The molecular formula is C11H17Br. The standard InChI is InChI=1S/C11H17Br/c1-3-4-5-6-7-11(9-12)8-10(11)2/h3-5,10H,1,6-9H2,2H3/b5-4+. The molecule has 0 aromatic carbocycles. The Kier molecular flexibility index (Phi) is 3.57. The van der Waals surface area contributed by atoms with E-state index in [1.54, 1.807) is 0 Å². The largest absolute Gasteiger partial charge is 0.0991 e. The van der Waals surface area contributed by atoms with Crippen LogP contribution in [0.1, 0.15) is 26.2 Å². The highest BCUT2D eigenvalue weighted by Crippen LogP contribution is 2.56. The van der Waals surface area contributed by atoms with Gasteiger partial charge in [-0.1, -0.05) is 47.7 Å². The van der Waals surface area contributed by atoms with E-state index >= 15 is 0 Å². The molecule has 1 aliphatic carbocycles. The van der Waals surface area contributed by atoms with Crippen molar-refractivity contribution in [1.29, 1.82) is 0 Å². The van der Waals surface area contributed by atoms with Crippen LogP contribution in [0.2, 0.25) is 0 Å². The predicted molar refractivity (Wildman–Crippen MR) is 58.6 cm³/mol. The van der Waals surface area contributed by atoms with Crippen molar-refractivity contribution in [2.45, 2.75) is 26.2 Å². The Morgan fingerprint density at radius 3 is 2.75 bits per heavy atom. The molecule has 1 fully saturated rings. The van der Waals surface area contributed by atoms with Gasteiger partial charge in [0.05, 0.1) is 0 Å². The summed E-state index contributed by atoms with van der Waals surface area (Å²) in [5.74, 6) is 0.925. The highest BCUT2D eigenvalue weighted by molar-refractivity contribution is 9.09. The number of hydrogen-bond donors (Lipinski definition) is 0. The lowest BCUT2D eigenvalue weighted by Gasteiger charge is -2.10. The monoisotopic (exact) mass is 228 g/mol. The minimum atomic E-state index is 0.630. The summed E-state index contributed by atoms with van der Waals surface area (Å²) in [4.78, 5) is 0. The molecule has 2 unspecified atom stereocenters. The van der Waals surface area contributed by atoms with Crippen molar-refractivity contribution in [3.63, 3.8) is 0 Å².